The summed E-state index contributed by atoms with van der Waals surface area (Å²) >= 11 is 12.5. The van der Waals surface area contributed by atoms with Crippen molar-refractivity contribution in [3.05, 3.63) is 33.8 Å². The van der Waals surface area contributed by atoms with Crippen LogP contribution in [0.1, 0.15) is 44.1 Å². The van der Waals surface area contributed by atoms with Crippen LogP contribution in [0.15, 0.2) is 18.2 Å². The van der Waals surface area contributed by atoms with Gasteiger partial charge in [0.25, 0.3) is 0 Å². The first-order chi connectivity index (χ1) is 12.9. The molecule has 0 aliphatic heterocycles. The minimum absolute atomic E-state index is 0.000163. The van der Waals surface area contributed by atoms with Gasteiger partial charge in [-0.2, -0.15) is 0 Å². The number of nitrogens with one attached hydrogen (secondary N) is 1. The van der Waals surface area contributed by atoms with E-state index < -0.39 is 12.0 Å². The first-order valence-corrected chi connectivity index (χ1v) is 10.5. The Morgan fingerprint density at radius 2 is 1.63 bits per heavy atom. The van der Waals surface area contributed by atoms with E-state index in [0.29, 0.717) is 33.4 Å². The zero-order valence-electron chi connectivity index (χ0n) is 15.5. The zero-order chi connectivity index (χ0) is 19.2. The molecule has 1 aromatic rings. The van der Waals surface area contributed by atoms with Crippen molar-refractivity contribution in [1.82, 2.24) is 5.32 Å². The van der Waals surface area contributed by atoms with Gasteiger partial charge in [-0.1, -0.05) is 29.3 Å². The van der Waals surface area contributed by atoms with E-state index in [1.807, 2.05) is 0 Å². The van der Waals surface area contributed by atoms with E-state index in [1.54, 1.807) is 18.2 Å². The molecule has 0 heterocycles. The highest BCUT2D eigenvalue weighted by molar-refractivity contribution is 6.36. The number of methoxy groups -OCH3 is 1. The highest BCUT2D eigenvalue weighted by Gasteiger charge is 2.55. The van der Waals surface area contributed by atoms with Crippen LogP contribution in [0.3, 0.4) is 0 Å². The Bertz CT molecular complexity index is 708. The molecule has 1 aromatic carbocycles. The summed E-state index contributed by atoms with van der Waals surface area (Å²) in [7, 11) is 1.33. The van der Waals surface area contributed by atoms with Crippen molar-refractivity contribution >= 4 is 35.1 Å². The Balaban J connectivity index is 1.54. The molecule has 146 valence electrons. The van der Waals surface area contributed by atoms with Gasteiger partial charge < -0.3 is 10.1 Å². The van der Waals surface area contributed by atoms with E-state index in [2.05, 4.69) is 5.32 Å². The van der Waals surface area contributed by atoms with Gasteiger partial charge in [-0.25, -0.2) is 4.79 Å². The van der Waals surface area contributed by atoms with Gasteiger partial charge in [-0.3, -0.25) is 4.79 Å². The van der Waals surface area contributed by atoms with Crippen molar-refractivity contribution in [2.75, 3.05) is 7.11 Å². The van der Waals surface area contributed by atoms with Crippen LogP contribution < -0.4 is 5.32 Å². The summed E-state index contributed by atoms with van der Waals surface area (Å²) in [5, 5.41) is 3.97. The third-order valence-electron chi connectivity index (χ3n) is 6.78. The number of carbonyl (C=O) groups excluding carboxylic acids is 2. The second kappa shape index (κ2) is 7.29. The minimum atomic E-state index is -0.784. The number of carbonyl (C=O) groups is 2. The Morgan fingerprint density at radius 1 is 1.11 bits per heavy atom. The highest BCUT2D eigenvalue weighted by Crippen LogP contribution is 2.60. The maximum atomic E-state index is 13.3. The number of halogens is 2. The molecule has 4 aliphatic carbocycles. The maximum absolute atomic E-state index is 13.3. The summed E-state index contributed by atoms with van der Waals surface area (Å²) in [6.45, 7) is 0. The Hall–Kier alpha value is -1.26. The lowest BCUT2D eigenvalue weighted by Crippen LogP contribution is -2.56. The van der Waals surface area contributed by atoms with Gasteiger partial charge in [0.1, 0.15) is 6.04 Å². The van der Waals surface area contributed by atoms with E-state index in [-0.39, 0.29) is 17.7 Å². The van der Waals surface area contributed by atoms with Crippen molar-refractivity contribution in [3.63, 3.8) is 0 Å². The Labute approximate surface area is 169 Å². The largest absolute Gasteiger partial charge is 0.467 e. The first kappa shape index (κ1) is 19.1. The minimum Gasteiger partial charge on any atom is -0.467 e. The Morgan fingerprint density at radius 3 is 2.11 bits per heavy atom. The van der Waals surface area contributed by atoms with Crippen LogP contribution in [0.5, 0.6) is 0 Å². The van der Waals surface area contributed by atoms with Crippen LogP contribution in [-0.2, 0) is 20.7 Å². The van der Waals surface area contributed by atoms with E-state index in [9.17, 15) is 9.59 Å². The fourth-order valence-electron chi connectivity index (χ4n) is 5.97. The number of ether oxygens (including phenoxy) is 1. The van der Waals surface area contributed by atoms with Crippen LogP contribution in [0.25, 0.3) is 0 Å². The van der Waals surface area contributed by atoms with Crippen LogP contribution in [-0.4, -0.2) is 25.0 Å². The molecular weight excluding hydrogens is 385 g/mol. The molecule has 1 N–H and O–H groups in total. The lowest BCUT2D eigenvalue weighted by Gasteiger charge is -2.55. The monoisotopic (exact) mass is 409 g/mol. The zero-order valence-corrected chi connectivity index (χ0v) is 17.0. The van der Waals surface area contributed by atoms with Crippen molar-refractivity contribution < 1.29 is 14.3 Å². The molecule has 4 fully saturated rings. The average molecular weight is 410 g/mol. The number of esters is 1. The molecule has 0 saturated heterocycles. The topological polar surface area (TPSA) is 55.4 Å². The van der Waals surface area contributed by atoms with Gasteiger partial charge in [-0.15, -0.1) is 0 Å². The van der Waals surface area contributed by atoms with E-state index in [0.717, 1.165) is 19.3 Å². The molecule has 1 atom stereocenters. The molecule has 0 unspecified atom stereocenters. The number of hydrogen-bond donors (Lipinski definition) is 1. The fourth-order valence-corrected chi connectivity index (χ4v) is 6.52. The number of rotatable bonds is 5. The predicted octanol–water partition coefficient (Wildman–Crippen LogP) is 4.41. The van der Waals surface area contributed by atoms with Gasteiger partial charge in [0.05, 0.1) is 7.11 Å². The average Bonchev–Trinajstić information content (AvgIpc) is 2.62. The third kappa shape index (κ3) is 3.58. The molecule has 1 amide bonds. The molecule has 0 spiro atoms. The number of amides is 1. The SMILES string of the molecule is COC(=O)[C@H](Cc1c(Cl)cccc1Cl)NC(=O)C12CC3CC(CC(C3)C1)C2. The first-order valence-electron chi connectivity index (χ1n) is 9.72. The molecule has 0 aromatic heterocycles. The molecule has 4 aliphatic rings. The second-order valence-corrected chi connectivity index (χ2v) is 9.47. The fraction of sp³-hybridized carbons (Fsp3) is 0.619. The van der Waals surface area contributed by atoms with Crippen LogP contribution in [0.2, 0.25) is 10.0 Å². The molecule has 4 nitrogen and oxygen atoms in total. The third-order valence-corrected chi connectivity index (χ3v) is 7.49. The molecular formula is C21H25Cl2NO3. The summed E-state index contributed by atoms with van der Waals surface area (Å²) in [5.74, 6) is 1.52. The highest BCUT2D eigenvalue weighted by atomic mass is 35.5. The standard InChI is InChI=1S/C21H25Cl2NO3/c1-27-19(25)18(8-15-16(22)3-2-4-17(15)23)24-20(26)21-9-12-5-13(10-21)7-14(6-12)11-21/h2-4,12-14,18H,5-11H2,1H3,(H,24,26)/t12?,13?,14?,18-,21?/m0/s1. The molecule has 0 radical (unpaired) electrons. The lowest BCUT2D eigenvalue weighted by molar-refractivity contribution is -0.152. The second-order valence-electron chi connectivity index (χ2n) is 8.65. The summed E-state index contributed by atoms with van der Waals surface area (Å²) in [5.41, 5.74) is 0.340. The van der Waals surface area contributed by atoms with Gasteiger partial charge in [0.2, 0.25) is 5.91 Å². The summed E-state index contributed by atoms with van der Waals surface area (Å²) < 4.78 is 4.94. The van der Waals surface area contributed by atoms with Crippen LogP contribution in [0.4, 0.5) is 0 Å². The summed E-state index contributed by atoms with van der Waals surface area (Å²) in [4.78, 5) is 25.7. The molecule has 4 saturated carbocycles. The van der Waals surface area contributed by atoms with Crippen molar-refractivity contribution in [1.29, 1.82) is 0 Å². The van der Waals surface area contributed by atoms with Gasteiger partial charge >= 0.3 is 5.97 Å². The molecule has 6 heteroatoms. The Kier molecular flexibility index (Phi) is 5.15. The smallest absolute Gasteiger partial charge is 0.328 e. The van der Waals surface area contributed by atoms with Crippen molar-refractivity contribution in [2.24, 2.45) is 23.2 Å². The van der Waals surface area contributed by atoms with Crippen LogP contribution >= 0.6 is 23.2 Å². The summed E-state index contributed by atoms with van der Waals surface area (Å²) in [6, 6.07) is 4.44. The van der Waals surface area contributed by atoms with Gasteiger partial charge in [0.15, 0.2) is 0 Å². The normalized spacial score (nSPS) is 32.2. The van der Waals surface area contributed by atoms with Gasteiger partial charge in [-0.05, 0) is 74.0 Å². The van der Waals surface area contributed by atoms with Crippen molar-refractivity contribution in [2.45, 2.75) is 51.0 Å². The van der Waals surface area contributed by atoms with Gasteiger partial charge in [0, 0.05) is 21.9 Å². The maximum Gasteiger partial charge on any atom is 0.328 e. The summed E-state index contributed by atoms with van der Waals surface area (Å²) in [6.07, 6.45) is 6.87. The number of hydrogen-bond acceptors (Lipinski definition) is 3. The molecule has 4 bridgehead atoms. The van der Waals surface area contributed by atoms with Crippen molar-refractivity contribution in [3.8, 4) is 0 Å². The number of benzene rings is 1. The van der Waals surface area contributed by atoms with E-state index >= 15 is 0 Å². The van der Waals surface area contributed by atoms with E-state index in [4.69, 9.17) is 27.9 Å². The molecule has 5 rings (SSSR count). The predicted molar refractivity (Wildman–Crippen MR) is 105 cm³/mol. The quantitative estimate of drug-likeness (QED) is 0.732. The van der Waals surface area contributed by atoms with E-state index in [1.165, 1.54) is 26.4 Å². The lowest BCUT2D eigenvalue weighted by atomic mass is 9.49. The van der Waals surface area contributed by atoms with Crippen LogP contribution in [0, 0.1) is 23.2 Å². The molecule has 27 heavy (non-hydrogen) atoms.